The topological polar surface area (TPSA) is 27.3 Å². The fraction of sp³-hybridized carbons (Fsp3) is 0.188. The molecule has 0 aromatic heterocycles. The van der Waals surface area contributed by atoms with Gasteiger partial charge in [0.25, 0.3) is 0 Å². The number of anilines is 1. The van der Waals surface area contributed by atoms with Crippen LogP contribution in [0.5, 0.6) is 0 Å². The van der Waals surface area contributed by atoms with Crippen molar-refractivity contribution in [2.75, 3.05) is 5.01 Å². The van der Waals surface area contributed by atoms with Gasteiger partial charge in [-0.15, -0.1) is 0 Å². The molecular formula is C16H15ClFN3S. The van der Waals surface area contributed by atoms with E-state index in [-0.39, 0.29) is 5.82 Å². The van der Waals surface area contributed by atoms with Crippen LogP contribution in [0.25, 0.3) is 0 Å². The molecule has 114 valence electrons. The van der Waals surface area contributed by atoms with Gasteiger partial charge in [0.15, 0.2) is 5.11 Å². The van der Waals surface area contributed by atoms with Crippen molar-refractivity contribution in [2.45, 2.75) is 19.0 Å². The lowest BCUT2D eigenvalue weighted by molar-refractivity contribution is 0.336. The molecule has 1 aliphatic rings. The summed E-state index contributed by atoms with van der Waals surface area (Å²) in [6.07, 6.45) is 0.722. The van der Waals surface area contributed by atoms with E-state index in [2.05, 4.69) is 10.7 Å². The summed E-state index contributed by atoms with van der Waals surface area (Å²) < 4.78 is 14.0. The molecule has 1 aliphatic heterocycles. The Morgan fingerprint density at radius 1 is 1.18 bits per heavy atom. The third kappa shape index (κ3) is 2.56. The minimum Gasteiger partial charge on any atom is -0.338 e. The number of halogens is 2. The van der Waals surface area contributed by atoms with Crippen LogP contribution in [0.4, 0.5) is 10.1 Å². The highest BCUT2D eigenvalue weighted by atomic mass is 35.5. The number of nitrogens with one attached hydrogen (secondary N) is 2. The largest absolute Gasteiger partial charge is 0.338 e. The van der Waals surface area contributed by atoms with Crippen molar-refractivity contribution in [3.05, 3.63) is 64.9 Å². The monoisotopic (exact) mass is 335 g/mol. The summed E-state index contributed by atoms with van der Waals surface area (Å²) in [6, 6.07) is 14.0. The second-order valence-electron chi connectivity index (χ2n) is 5.09. The van der Waals surface area contributed by atoms with Crippen LogP contribution in [0, 0.1) is 5.82 Å². The van der Waals surface area contributed by atoms with Crippen molar-refractivity contribution >= 4 is 34.6 Å². The first-order chi connectivity index (χ1) is 10.6. The molecule has 0 radical (unpaired) electrons. The molecule has 2 aromatic carbocycles. The predicted molar refractivity (Wildman–Crippen MR) is 91.2 cm³/mol. The quantitative estimate of drug-likeness (QED) is 0.831. The molecule has 0 bridgehead atoms. The third-order valence-electron chi connectivity index (χ3n) is 3.79. The summed E-state index contributed by atoms with van der Waals surface area (Å²) in [5.41, 5.74) is 4.09. The molecule has 1 fully saturated rings. The minimum atomic E-state index is -0.579. The van der Waals surface area contributed by atoms with Crippen molar-refractivity contribution in [1.82, 2.24) is 10.7 Å². The summed E-state index contributed by atoms with van der Waals surface area (Å²) in [5, 5.41) is 5.94. The number of para-hydroxylation sites is 1. The molecule has 1 saturated heterocycles. The Morgan fingerprint density at radius 3 is 2.50 bits per heavy atom. The zero-order valence-electron chi connectivity index (χ0n) is 11.9. The molecule has 0 saturated carbocycles. The SMILES string of the molecule is CC[C@]1(c2ccc(Cl)cc2)NC(=S)N(c2ccccc2F)N1. The molecule has 1 atom stereocenters. The zero-order valence-corrected chi connectivity index (χ0v) is 13.5. The van der Waals surface area contributed by atoms with E-state index >= 15 is 0 Å². The molecule has 1 heterocycles. The van der Waals surface area contributed by atoms with E-state index in [1.165, 1.54) is 6.07 Å². The Labute approximate surface area is 139 Å². The maximum Gasteiger partial charge on any atom is 0.190 e. The van der Waals surface area contributed by atoms with E-state index in [1.807, 2.05) is 31.2 Å². The van der Waals surface area contributed by atoms with Crippen LogP contribution >= 0.6 is 23.8 Å². The second kappa shape index (κ2) is 5.83. The number of hydrogen-bond acceptors (Lipinski definition) is 2. The molecule has 6 heteroatoms. The van der Waals surface area contributed by atoms with Crippen LogP contribution in [0.2, 0.25) is 5.02 Å². The van der Waals surface area contributed by atoms with Crippen LogP contribution in [0.1, 0.15) is 18.9 Å². The molecular weight excluding hydrogens is 321 g/mol. The zero-order chi connectivity index (χ0) is 15.7. The highest BCUT2D eigenvalue weighted by Gasteiger charge is 2.41. The molecule has 0 aliphatic carbocycles. The Bertz CT molecular complexity index is 707. The summed E-state index contributed by atoms with van der Waals surface area (Å²) >= 11 is 11.3. The molecule has 22 heavy (non-hydrogen) atoms. The number of benzene rings is 2. The number of nitrogens with zero attached hydrogens (tertiary/aromatic N) is 1. The molecule has 0 amide bonds. The summed E-state index contributed by atoms with van der Waals surface area (Å²) in [6.45, 7) is 2.03. The predicted octanol–water partition coefficient (Wildman–Crippen LogP) is 3.94. The Hall–Kier alpha value is -1.69. The lowest BCUT2D eigenvalue weighted by Gasteiger charge is -2.29. The van der Waals surface area contributed by atoms with Gasteiger partial charge >= 0.3 is 0 Å². The average molecular weight is 336 g/mol. The molecule has 0 spiro atoms. The van der Waals surface area contributed by atoms with E-state index in [0.717, 1.165) is 12.0 Å². The van der Waals surface area contributed by atoms with Gasteiger partial charge in [0.05, 0.1) is 5.69 Å². The molecule has 2 N–H and O–H groups in total. The van der Waals surface area contributed by atoms with Gasteiger partial charge in [-0.25, -0.2) is 9.40 Å². The maximum absolute atomic E-state index is 14.0. The first kappa shape index (κ1) is 15.2. The van der Waals surface area contributed by atoms with Gasteiger partial charge in [-0.3, -0.25) is 0 Å². The normalized spacial score (nSPS) is 21.0. The van der Waals surface area contributed by atoms with Gasteiger partial charge in [0.2, 0.25) is 0 Å². The van der Waals surface area contributed by atoms with Gasteiger partial charge in [-0.05, 0) is 48.5 Å². The second-order valence-corrected chi connectivity index (χ2v) is 5.92. The lowest BCUT2D eigenvalue weighted by atomic mass is 9.98. The summed E-state index contributed by atoms with van der Waals surface area (Å²) in [4.78, 5) is 0. The van der Waals surface area contributed by atoms with E-state index < -0.39 is 5.66 Å². The van der Waals surface area contributed by atoms with Gasteiger partial charge < -0.3 is 5.32 Å². The Morgan fingerprint density at radius 2 is 1.86 bits per heavy atom. The Kier molecular flexibility index (Phi) is 4.04. The molecule has 0 unspecified atom stereocenters. The molecule has 2 aromatic rings. The van der Waals surface area contributed by atoms with Crippen LogP contribution in [-0.4, -0.2) is 5.11 Å². The van der Waals surface area contributed by atoms with E-state index in [0.29, 0.717) is 15.8 Å². The van der Waals surface area contributed by atoms with Gasteiger partial charge in [0.1, 0.15) is 11.5 Å². The van der Waals surface area contributed by atoms with Crippen molar-refractivity contribution in [2.24, 2.45) is 0 Å². The summed E-state index contributed by atoms with van der Waals surface area (Å²) in [5.74, 6) is -0.331. The van der Waals surface area contributed by atoms with Crippen molar-refractivity contribution < 1.29 is 4.39 Å². The average Bonchev–Trinajstić information content (AvgIpc) is 2.86. The van der Waals surface area contributed by atoms with E-state index in [4.69, 9.17) is 23.8 Å². The number of rotatable bonds is 3. The van der Waals surface area contributed by atoms with Crippen molar-refractivity contribution in [1.29, 1.82) is 0 Å². The first-order valence-corrected chi connectivity index (χ1v) is 7.75. The molecule has 3 rings (SSSR count). The van der Waals surface area contributed by atoms with Crippen LogP contribution in [0.15, 0.2) is 48.5 Å². The van der Waals surface area contributed by atoms with Crippen LogP contribution < -0.4 is 15.8 Å². The van der Waals surface area contributed by atoms with Crippen LogP contribution in [-0.2, 0) is 5.66 Å². The van der Waals surface area contributed by atoms with Gasteiger partial charge in [0, 0.05) is 5.02 Å². The standard InChI is InChI=1S/C16H15ClFN3S/c1-2-16(11-7-9-12(17)10-8-11)19-15(22)21(20-16)14-6-4-3-5-13(14)18/h3-10,20H,2H2,1H3,(H,19,22)/t16-/m0/s1. The van der Waals surface area contributed by atoms with Crippen LogP contribution in [0.3, 0.4) is 0 Å². The minimum absolute atomic E-state index is 0.331. The van der Waals surface area contributed by atoms with Gasteiger partial charge in [-0.1, -0.05) is 42.8 Å². The fourth-order valence-corrected chi connectivity index (χ4v) is 3.00. The third-order valence-corrected chi connectivity index (χ3v) is 4.32. The van der Waals surface area contributed by atoms with Gasteiger partial charge in [-0.2, -0.15) is 5.43 Å². The number of thiocarbonyl (C=S) groups is 1. The first-order valence-electron chi connectivity index (χ1n) is 6.96. The van der Waals surface area contributed by atoms with E-state index in [1.54, 1.807) is 23.2 Å². The van der Waals surface area contributed by atoms with E-state index in [9.17, 15) is 4.39 Å². The van der Waals surface area contributed by atoms with Crippen molar-refractivity contribution in [3.63, 3.8) is 0 Å². The highest BCUT2D eigenvalue weighted by Crippen LogP contribution is 2.31. The lowest BCUT2D eigenvalue weighted by Crippen LogP contribution is -2.48. The summed E-state index contributed by atoms with van der Waals surface area (Å²) in [7, 11) is 0. The number of hydrazine groups is 1. The fourth-order valence-electron chi connectivity index (χ4n) is 2.55. The smallest absolute Gasteiger partial charge is 0.190 e. The van der Waals surface area contributed by atoms with Crippen molar-refractivity contribution in [3.8, 4) is 0 Å². The number of hydrogen-bond donors (Lipinski definition) is 2. The highest BCUT2D eigenvalue weighted by molar-refractivity contribution is 7.80. The Balaban J connectivity index is 1.98. The maximum atomic E-state index is 14.0. The molecule has 3 nitrogen and oxygen atoms in total.